The largest absolute Gasteiger partial charge is 0.391 e. The zero-order valence-corrected chi connectivity index (χ0v) is 10.3. The van der Waals surface area contributed by atoms with Crippen molar-refractivity contribution in [1.29, 1.82) is 0 Å². The van der Waals surface area contributed by atoms with Gasteiger partial charge in [0.2, 0.25) is 0 Å². The zero-order valence-electron chi connectivity index (χ0n) is 7.87. The molecule has 1 atom stereocenters. The molecule has 1 saturated carbocycles. The molecular weight excluding hydrogens is 262 g/mol. The van der Waals surface area contributed by atoms with Gasteiger partial charge in [0.25, 0.3) is 0 Å². The maximum atomic E-state index is 9.72. The third-order valence-corrected chi connectivity index (χ3v) is 4.00. The Labute approximate surface area is 96.5 Å². The number of rotatable bonds is 5. The van der Waals surface area contributed by atoms with E-state index in [2.05, 4.69) is 32.7 Å². The molecule has 1 aliphatic rings. The molecule has 2 N–H and O–H groups in total. The van der Waals surface area contributed by atoms with Gasteiger partial charge in [0.1, 0.15) is 0 Å². The average molecular weight is 276 g/mol. The van der Waals surface area contributed by atoms with E-state index in [0.717, 1.165) is 17.4 Å². The molecule has 1 fully saturated rings. The second-order valence-electron chi connectivity index (χ2n) is 3.77. The first kappa shape index (κ1) is 10.6. The van der Waals surface area contributed by atoms with E-state index in [0.29, 0.717) is 6.04 Å². The van der Waals surface area contributed by atoms with Gasteiger partial charge < -0.3 is 10.4 Å². The smallest absolute Gasteiger partial charge is 0.0712 e. The summed E-state index contributed by atoms with van der Waals surface area (Å²) in [5.74, 6) is 0. The lowest BCUT2D eigenvalue weighted by molar-refractivity contribution is 0.172. The van der Waals surface area contributed by atoms with Gasteiger partial charge in [-0.25, -0.2) is 0 Å². The second-order valence-corrected chi connectivity index (χ2v) is 5.68. The molecule has 14 heavy (non-hydrogen) atoms. The molecule has 1 heterocycles. The Morgan fingerprint density at radius 3 is 3.00 bits per heavy atom. The average Bonchev–Trinajstić information content (AvgIpc) is 2.88. The van der Waals surface area contributed by atoms with E-state index in [1.165, 1.54) is 17.7 Å². The molecule has 1 aromatic rings. The molecule has 1 aliphatic carbocycles. The normalized spacial score (nSPS) is 18.4. The van der Waals surface area contributed by atoms with Crippen LogP contribution in [-0.4, -0.2) is 23.8 Å². The van der Waals surface area contributed by atoms with Gasteiger partial charge >= 0.3 is 0 Å². The van der Waals surface area contributed by atoms with E-state index in [1.807, 2.05) is 0 Å². The maximum absolute atomic E-state index is 9.72. The van der Waals surface area contributed by atoms with Gasteiger partial charge in [0.15, 0.2) is 0 Å². The third kappa shape index (κ3) is 3.35. The molecule has 0 aliphatic heterocycles. The van der Waals surface area contributed by atoms with Crippen molar-refractivity contribution < 1.29 is 5.11 Å². The Hall–Kier alpha value is 0.1000. The summed E-state index contributed by atoms with van der Waals surface area (Å²) in [6.07, 6.45) is 3.06. The summed E-state index contributed by atoms with van der Waals surface area (Å²) in [6, 6.07) is 2.75. The van der Waals surface area contributed by atoms with Crippen LogP contribution in [0.1, 0.15) is 17.7 Å². The SMILES string of the molecule is OC(CNC1CC1)Cc1cc(Br)cs1. The van der Waals surface area contributed by atoms with Gasteiger partial charge in [0.05, 0.1) is 6.10 Å². The molecule has 0 aromatic carbocycles. The lowest BCUT2D eigenvalue weighted by Gasteiger charge is -2.09. The van der Waals surface area contributed by atoms with E-state index in [-0.39, 0.29) is 6.10 Å². The highest BCUT2D eigenvalue weighted by atomic mass is 79.9. The first-order chi connectivity index (χ1) is 6.74. The van der Waals surface area contributed by atoms with Crippen LogP contribution in [-0.2, 0) is 6.42 Å². The molecule has 1 aromatic heterocycles. The Morgan fingerprint density at radius 2 is 2.43 bits per heavy atom. The Bertz CT molecular complexity index is 298. The van der Waals surface area contributed by atoms with Crippen molar-refractivity contribution in [2.45, 2.75) is 31.4 Å². The van der Waals surface area contributed by atoms with E-state index >= 15 is 0 Å². The Morgan fingerprint density at radius 1 is 1.64 bits per heavy atom. The molecule has 0 amide bonds. The van der Waals surface area contributed by atoms with Crippen LogP contribution in [0.15, 0.2) is 15.9 Å². The predicted molar refractivity (Wildman–Crippen MR) is 62.8 cm³/mol. The van der Waals surface area contributed by atoms with Gasteiger partial charge in [-0.15, -0.1) is 11.3 Å². The number of aliphatic hydroxyl groups is 1. The molecule has 0 bridgehead atoms. The summed E-state index contributed by atoms with van der Waals surface area (Å²) < 4.78 is 1.11. The fourth-order valence-corrected chi connectivity index (χ4v) is 2.88. The van der Waals surface area contributed by atoms with Gasteiger partial charge in [-0.3, -0.25) is 0 Å². The Balaban J connectivity index is 1.72. The summed E-state index contributed by atoms with van der Waals surface area (Å²) in [7, 11) is 0. The zero-order chi connectivity index (χ0) is 9.97. The monoisotopic (exact) mass is 275 g/mol. The van der Waals surface area contributed by atoms with Crippen LogP contribution in [0.5, 0.6) is 0 Å². The van der Waals surface area contributed by atoms with E-state index < -0.39 is 0 Å². The fraction of sp³-hybridized carbons (Fsp3) is 0.600. The van der Waals surface area contributed by atoms with Gasteiger partial charge in [0, 0.05) is 33.7 Å². The van der Waals surface area contributed by atoms with Crippen molar-refractivity contribution in [2.75, 3.05) is 6.54 Å². The minimum Gasteiger partial charge on any atom is -0.391 e. The van der Waals surface area contributed by atoms with Gasteiger partial charge in [-0.1, -0.05) is 0 Å². The molecule has 0 saturated heterocycles. The molecule has 78 valence electrons. The fourth-order valence-electron chi connectivity index (χ4n) is 1.36. The van der Waals surface area contributed by atoms with E-state index in [9.17, 15) is 5.11 Å². The number of hydrogen-bond acceptors (Lipinski definition) is 3. The highest BCUT2D eigenvalue weighted by Gasteiger charge is 2.21. The molecule has 2 rings (SSSR count). The Kier molecular flexibility index (Phi) is 3.60. The molecule has 4 heteroatoms. The number of aliphatic hydroxyl groups excluding tert-OH is 1. The van der Waals surface area contributed by atoms with Crippen LogP contribution >= 0.6 is 27.3 Å². The van der Waals surface area contributed by atoms with Crippen molar-refractivity contribution in [3.63, 3.8) is 0 Å². The first-order valence-corrected chi connectivity index (χ1v) is 6.55. The predicted octanol–water partition coefficient (Wildman–Crippen LogP) is 2.17. The molecule has 0 spiro atoms. The van der Waals surface area contributed by atoms with E-state index in [4.69, 9.17) is 0 Å². The van der Waals surface area contributed by atoms with Gasteiger partial charge in [-0.2, -0.15) is 0 Å². The summed E-state index contributed by atoms with van der Waals surface area (Å²) in [4.78, 5) is 1.24. The summed E-state index contributed by atoms with van der Waals surface area (Å²) in [5, 5.41) is 15.1. The molecule has 1 unspecified atom stereocenters. The lowest BCUT2D eigenvalue weighted by atomic mass is 10.2. The summed E-state index contributed by atoms with van der Waals surface area (Å²) in [5.41, 5.74) is 0. The van der Waals surface area contributed by atoms with Crippen LogP contribution in [0.25, 0.3) is 0 Å². The lowest BCUT2D eigenvalue weighted by Crippen LogP contribution is -2.29. The van der Waals surface area contributed by atoms with Crippen LogP contribution in [0.2, 0.25) is 0 Å². The second kappa shape index (κ2) is 4.75. The third-order valence-electron chi connectivity index (χ3n) is 2.28. The molecule has 0 radical (unpaired) electrons. The van der Waals surface area contributed by atoms with Crippen LogP contribution in [0.4, 0.5) is 0 Å². The summed E-state index contributed by atoms with van der Waals surface area (Å²) in [6.45, 7) is 0.722. The number of nitrogens with one attached hydrogen (secondary N) is 1. The first-order valence-electron chi connectivity index (χ1n) is 4.88. The van der Waals surface area contributed by atoms with Crippen LogP contribution < -0.4 is 5.32 Å². The summed E-state index contributed by atoms with van der Waals surface area (Å²) >= 11 is 5.10. The van der Waals surface area contributed by atoms with Crippen molar-refractivity contribution in [3.8, 4) is 0 Å². The highest BCUT2D eigenvalue weighted by Crippen LogP contribution is 2.21. The van der Waals surface area contributed by atoms with Crippen molar-refractivity contribution in [1.82, 2.24) is 5.32 Å². The van der Waals surface area contributed by atoms with Crippen molar-refractivity contribution >= 4 is 27.3 Å². The van der Waals surface area contributed by atoms with Crippen LogP contribution in [0.3, 0.4) is 0 Å². The minimum absolute atomic E-state index is 0.249. The minimum atomic E-state index is -0.249. The van der Waals surface area contributed by atoms with Crippen molar-refractivity contribution in [2.24, 2.45) is 0 Å². The molecule has 2 nitrogen and oxygen atoms in total. The quantitative estimate of drug-likeness (QED) is 0.864. The van der Waals surface area contributed by atoms with Crippen LogP contribution in [0, 0.1) is 0 Å². The highest BCUT2D eigenvalue weighted by molar-refractivity contribution is 9.10. The number of thiophene rings is 1. The maximum Gasteiger partial charge on any atom is 0.0712 e. The number of halogens is 1. The molecular formula is C10H14BrNOS. The standard InChI is InChI=1S/C10H14BrNOS/c11-7-3-10(14-6-7)4-9(13)5-12-8-1-2-8/h3,6,8-9,12-13H,1-2,4-5H2. The topological polar surface area (TPSA) is 32.3 Å². The van der Waals surface area contributed by atoms with Crippen molar-refractivity contribution in [3.05, 3.63) is 20.8 Å². The van der Waals surface area contributed by atoms with E-state index in [1.54, 1.807) is 11.3 Å². The number of hydrogen-bond donors (Lipinski definition) is 2. The van der Waals surface area contributed by atoms with Gasteiger partial charge in [-0.05, 0) is 34.8 Å².